The molecule has 28 heavy (non-hydrogen) atoms. The average Bonchev–Trinajstić information content (AvgIpc) is 3.23. The third-order valence-electron chi connectivity index (χ3n) is 5.70. The zero-order chi connectivity index (χ0) is 18.9. The molecule has 3 aromatic rings. The van der Waals surface area contributed by atoms with Crippen molar-refractivity contribution in [2.24, 2.45) is 0 Å². The smallest absolute Gasteiger partial charge is 0.164 e. The van der Waals surface area contributed by atoms with Gasteiger partial charge in [-0.3, -0.25) is 0 Å². The number of piperazine rings is 1. The lowest BCUT2D eigenvalue weighted by molar-refractivity contribution is 0.122. The minimum atomic E-state index is 0.747. The summed E-state index contributed by atoms with van der Waals surface area (Å²) in [6, 6.07) is 10.5. The lowest BCUT2D eigenvalue weighted by Gasteiger charge is -2.34. The molecule has 2 saturated heterocycles. The molecule has 7 nitrogen and oxygen atoms in total. The predicted octanol–water partition coefficient (Wildman–Crippen LogP) is 2.21. The number of aromatic nitrogens is 3. The molecule has 0 atom stereocenters. The molecule has 2 fully saturated rings. The van der Waals surface area contributed by atoms with Gasteiger partial charge in [-0.05, 0) is 19.2 Å². The van der Waals surface area contributed by atoms with Crippen LogP contribution in [0.1, 0.15) is 0 Å². The number of likely N-dealkylation sites (N-methyl/N-ethyl adjacent to an activating group) is 1. The van der Waals surface area contributed by atoms with Gasteiger partial charge in [-0.2, -0.15) is 0 Å². The molecule has 4 heterocycles. The molecule has 2 aromatic heterocycles. The van der Waals surface area contributed by atoms with Crippen molar-refractivity contribution in [1.29, 1.82) is 0 Å². The van der Waals surface area contributed by atoms with Gasteiger partial charge < -0.3 is 24.4 Å². The zero-order valence-corrected chi connectivity index (χ0v) is 16.3. The summed E-state index contributed by atoms with van der Waals surface area (Å²) in [4.78, 5) is 20.3. The van der Waals surface area contributed by atoms with Crippen LogP contribution in [-0.4, -0.2) is 79.4 Å². The van der Waals surface area contributed by atoms with Crippen LogP contribution in [0.4, 0.5) is 11.6 Å². The molecule has 7 heteroatoms. The van der Waals surface area contributed by atoms with Crippen LogP contribution >= 0.6 is 0 Å². The molecular formula is C21H26N6O. The first kappa shape index (κ1) is 17.5. The fourth-order valence-corrected chi connectivity index (χ4v) is 3.97. The number of hydrogen-bond acceptors (Lipinski definition) is 6. The summed E-state index contributed by atoms with van der Waals surface area (Å²) in [5.74, 6) is 2.81. The third-order valence-corrected chi connectivity index (χ3v) is 5.70. The van der Waals surface area contributed by atoms with Crippen molar-refractivity contribution in [3.63, 3.8) is 0 Å². The lowest BCUT2D eigenvalue weighted by atomic mass is 10.1. The summed E-state index contributed by atoms with van der Waals surface area (Å²) in [6.07, 6.45) is 1.97. The maximum atomic E-state index is 5.54. The van der Waals surface area contributed by atoms with E-state index < -0.39 is 0 Å². The van der Waals surface area contributed by atoms with Crippen LogP contribution < -0.4 is 9.80 Å². The largest absolute Gasteiger partial charge is 0.378 e. The minimum Gasteiger partial charge on any atom is -0.378 e. The number of fused-ring (bicyclic) bond motifs is 1. The maximum Gasteiger partial charge on any atom is 0.164 e. The van der Waals surface area contributed by atoms with Crippen LogP contribution in [0.25, 0.3) is 22.3 Å². The Morgan fingerprint density at radius 2 is 1.61 bits per heavy atom. The first-order valence-electron chi connectivity index (χ1n) is 10.00. The van der Waals surface area contributed by atoms with Crippen LogP contribution in [0, 0.1) is 0 Å². The van der Waals surface area contributed by atoms with Gasteiger partial charge in [0.05, 0.1) is 13.2 Å². The highest BCUT2D eigenvalue weighted by molar-refractivity contribution is 5.93. The molecule has 0 spiro atoms. The first-order valence-corrected chi connectivity index (χ1v) is 10.00. The summed E-state index contributed by atoms with van der Waals surface area (Å²) < 4.78 is 5.54. The van der Waals surface area contributed by atoms with Crippen molar-refractivity contribution < 1.29 is 4.74 Å². The minimum absolute atomic E-state index is 0.747. The van der Waals surface area contributed by atoms with Crippen molar-refractivity contribution in [3.05, 3.63) is 36.5 Å². The molecule has 2 aliphatic rings. The van der Waals surface area contributed by atoms with Gasteiger partial charge in [-0.1, -0.05) is 12.1 Å². The number of ether oxygens (including phenoxy) is 1. The number of benzene rings is 1. The van der Waals surface area contributed by atoms with Crippen LogP contribution in [0.2, 0.25) is 0 Å². The number of nitrogens with one attached hydrogen (secondary N) is 1. The number of H-pyrrole nitrogens is 1. The summed E-state index contributed by atoms with van der Waals surface area (Å²) in [6.45, 7) is 7.32. The topological polar surface area (TPSA) is 60.5 Å². The van der Waals surface area contributed by atoms with E-state index in [1.54, 1.807) is 0 Å². The van der Waals surface area contributed by atoms with Crippen LogP contribution in [0.3, 0.4) is 0 Å². The van der Waals surface area contributed by atoms with Crippen molar-refractivity contribution in [2.45, 2.75) is 0 Å². The van der Waals surface area contributed by atoms with Crippen molar-refractivity contribution in [1.82, 2.24) is 19.9 Å². The second-order valence-electron chi connectivity index (χ2n) is 7.54. The monoisotopic (exact) mass is 378 g/mol. The quantitative estimate of drug-likeness (QED) is 0.754. The normalized spacial score (nSPS) is 18.8. The number of morpholine rings is 1. The highest BCUT2D eigenvalue weighted by Gasteiger charge is 2.21. The van der Waals surface area contributed by atoms with Crippen LogP contribution in [-0.2, 0) is 4.74 Å². The van der Waals surface area contributed by atoms with E-state index in [1.165, 1.54) is 0 Å². The van der Waals surface area contributed by atoms with Gasteiger partial charge in [0.1, 0.15) is 11.6 Å². The van der Waals surface area contributed by atoms with Gasteiger partial charge in [0, 0.05) is 68.0 Å². The average molecular weight is 378 g/mol. The lowest BCUT2D eigenvalue weighted by Crippen LogP contribution is -2.45. The predicted molar refractivity (Wildman–Crippen MR) is 112 cm³/mol. The van der Waals surface area contributed by atoms with Gasteiger partial charge in [-0.15, -0.1) is 0 Å². The first-order chi connectivity index (χ1) is 13.8. The van der Waals surface area contributed by atoms with Crippen molar-refractivity contribution in [3.8, 4) is 11.4 Å². The molecule has 0 aliphatic carbocycles. The molecule has 146 valence electrons. The molecule has 1 aromatic carbocycles. The van der Waals surface area contributed by atoms with E-state index in [2.05, 4.69) is 57.1 Å². The highest BCUT2D eigenvalue weighted by Crippen LogP contribution is 2.30. The molecule has 0 amide bonds. The summed E-state index contributed by atoms with van der Waals surface area (Å²) >= 11 is 0. The van der Waals surface area contributed by atoms with Crippen molar-refractivity contribution >= 4 is 22.5 Å². The molecule has 0 unspecified atom stereocenters. The van der Waals surface area contributed by atoms with E-state index in [1.807, 2.05) is 6.20 Å². The Morgan fingerprint density at radius 3 is 2.36 bits per heavy atom. The third kappa shape index (κ3) is 3.31. The van der Waals surface area contributed by atoms with Gasteiger partial charge in [0.2, 0.25) is 0 Å². The van der Waals surface area contributed by atoms with Crippen LogP contribution in [0.5, 0.6) is 0 Å². The zero-order valence-electron chi connectivity index (χ0n) is 16.3. The number of aromatic amines is 1. The standard InChI is InChI=1S/C21H26N6O/c1-25-7-9-26(10-8-25)19-15-20(27-11-13-28-14-12-27)24-21(23-19)17-3-2-4-18-16(17)5-6-22-18/h2-6,15,22H,7-14H2,1H3. The van der Waals surface area contributed by atoms with E-state index in [0.717, 1.165) is 86.4 Å². The summed E-state index contributed by atoms with van der Waals surface area (Å²) in [5, 5.41) is 1.16. The van der Waals surface area contributed by atoms with E-state index >= 15 is 0 Å². The number of rotatable bonds is 3. The number of hydrogen-bond donors (Lipinski definition) is 1. The second kappa shape index (κ2) is 7.41. The molecule has 0 radical (unpaired) electrons. The second-order valence-corrected chi connectivity index (χ2v) is 7.54. The van der Waals surface area contributed by atoms with Crippen LogP contribution in [0.15, 0.2) is 36.5 Å². The Bertz CT molecular complexity index is 956. The van der Waals surface area contributed by atoms with E-state index in [-0.39, 0.29) is 0 Å². The Labute approximate surface area is 164 Å². The van der Waals surface area contributed by atoms with Gasteiger partial charge >= 0.3 is 0 Å². The van der Waals surface area contributed by atoms with E-state index in [0.29, 0.717) is 0 Å². The molecule has 0 saturated carbocycles. The molecular weight excluding hydrogens is 352 g/mol. The van der Waals surface area contributed by atoms with E-state index in [4.69, 9.17) is 14.7 Å². The Kier molecular flexibility index (Phi) is 4.62. The Hall–Kier alpha value is -2.64. The fourth-order valence-electron chi connectivity index (χ4n) is 3.97. The molecule has 0 bridgehead atoms. The molecule has 2 aliphatic heterocycles. The van der Waals surface area contributed by atoms with Gasteiger partial charge in [0.25, 0.3) is 0 Å². The van der Waals surface area contributed by atoms with Gasteiger partial charge in [-0.25, -0.2) is 9.97 Å². The summed E-state index contributed by atoms with van der Waals surface area (Å²) in [7, 11) is 2.18. The Balaban J connectivity index is 1.59. The Morgan fingerprint density at radius 1 is 0.893 bits per heavy atom. The van der Waals surface area contributed by atoms with E-state index in [9.17, 15) is 0 Å². The van der Waals surface area contributed by atoms with Crippen molar-refractivity contribution in [2.75, 3.05) is 69.3 Å². The number of anilines is 2. The van der Waals surface area contributed by atoms with Gasteiger partial charge in [0.15, 0.2) is 5.82 Å². The fraction of sp³-hybridized carbons (Fsp3) is 0.429. The molecule has 1 N–H and O–H groups in total. The highest BCUT2D eigenvalue weighted by atomic mass is 16.5. The number of nitrogens with zero attached hydrogens (tertiary/aromatic N) is 5. The SMILES string of the molecule is CN1CCN(c2cc(N3CCOCC3)nc(-c3cccc4[nH]ccc34)n2)CC1. The molecule has 5 rings (SSSR count). The maximum absolute atomic E-state index is 5.54. The summed E-state index contributed by atoms with van der Waals surface area (Å²) in [5.41, 5.74) is 2.18.